The Labute approximate surface area is 119 Å². The van der Waals surface area contributed by atoms with Gasteiger partial charge in [-0.25, -0.2) is 13.1 Å². The quantitative estimate of drug-likeness (QED) is 0.616. The number of carbonyl (C=O) groups is 2. The van der Waals surface area contributed by atoms with E-state index in [1.807, 2.05) is 0 Å². The van der Waals surface area contributed by atoms with Gasteiger partial charge in [0.05, 0.1) is 11.2 Å². The largest absolute Gasteiger partial charge is 0.481 e. The first-order chi connectivity index (χ1) is 9.31. The van der Waals surface area contributed by atoms with E-state index in [0.717, 1.165) is 19.3 Å². The third-order valence-corrected chi connectivity index (χ3v) is 5.13. The lowest BCUT2D eigenvalue weighted by Crippen LogP contribution is -2.40. The molecule has 0 aromatic heterocycles. The van der Waals surface area contributed by atoms with Crippen molar-refractivity contribution in [3.8, 4) is 0 Å². The maximum atomic E-state index is 11.8. The van der Waals surface area contributed by atoms with Gasteiger partial charge in [-0.2, -0.15) is 0 Å². The molecule has 8 heteroatoms. The molecular weight excluding hydrogens is 284 g/mol. The van der Waals surface area contributed by atoms with Gasteiger partial charge in [0.1, 0.15) is 0 Å². The van der Waals surface area contributed by atoms with Crippen LogP contribution < -0.4 is 10.0 Å². The van der Waals surface area contributed by atoms with Crippen LogP contribution in [0.5, 0.6) is 0 Å². The Hall–Kier alpha value is -1.15. The van der Waals surface area contributed by atoms with E-state index in [1.165, 1.54) is 7.05 Å². The summed E-state index contributed by atoms with van der Waals surface area (Å²) in [7, 11) is -2.06. The number of carbonyl (C=O) groups excluding carboxylic acids is 1. The number of aliphatic carboxylic acids is 1. The Balaban J connectivity index is 2.49. The molecule has 3 N–H and O–H groups in total. The van der Waals surface area contributed by atoms with Gasteiger partial charge < -0.3 is 10.4 Å². The van der Waals surface area contributed by atoms with Gasteiger partial charge in [-0.15, -0.1) is 0 Å². The number of nitrogens with one attached hydrogen (secondary N) is 2. The van der Waals surface area contributed by atoms with Crippen LogP contribution in [0.1, 0.15) is 38.5 Å². The summed E-state index contributed by atoms with van der Waals surface area (Å²) >= 11 is 0. The van der Waals surface area contributed by atoms with Gasteiger partial charge in [0.25, 0.3) is 0 Å². The number of sulfonamides is 1. The summed E-state index contributed by atoms with van der Waals surface area (Å²) < 4.78 is 24.5. The van der Waals surface area contributed by atoms with Crippen molar-refractivity contribution in [1.82, 2.24) is 10.0 Å². The zero-order valence-corrected chi connectivity index (χ0v) is 12.5. The third-order valence-electron chi connectivity index (χ3n) is 3.77. The van der Waals surface area contributed by atoms with Crippen LogP contribution in [0.2, 0.25) is 0 Å². The van der Waals surface area contributed by atoms with Crippen LogP contribution in [0.3, 0.4) is 0 Å². The topological polar surface area (TPSA) is 113 Å². The van der Waals surface area contributed by atoms with Crippen molar-refractivity contribution in [1.29, 1.82) is 0 Å². The summed E-state index contributed by atoms with van der Waals surface area (Å²) in [6, 6.07) is 0. The molecule has 7 nitrogen and oxygen atoms in total. The molecular formula is C12H22N2O5S. The normalized spacial score (nSPS) is 18.4. The van der Waals surface area contributed by atoms with Crippen molar-refractivity contribution < 1.29 is 23.1 Å². The second kappa shape index (κ2) is 7.03. The zero-order valence-electron chi connectivity index (χ0n) is 11.6. The first-order valence-corrected chi connectivity index (χ1v) is 8.38. The summed E-state index contributed by atoms with van der Waals surface area (Å²) in [6.45, 7) is -0.0162. The predicted molar refractivity (Wildman–Crippen MR) is 73.6 cm³/mol. The van der Waals surface area contributed by atoms with Crippen molar-refractivity contribution in [2.24, 2.45) is 5.41 Å². The molecule has 0 heterocycles. The van der Waals surface area contributed by atoms with Gasteiger partial charge in [-0.3, -0.25) is 9.59 Å². The number of carboxylic acids is 1. The molecule has 0 spiro atoms. The highest BCUT2D eigenvalue weighted by atomic mass is 32.2. The van der Waals surface area contributed by atoms with Crippen molar-refractivity contribution in [3.05, 3.63) is 0 Å². The van der Waals surface area contributed by atoms with E-state index in [0.29, 0.717) is 12.8 Å². The van der Waals surface area contributed by atoms with Crippen molar-refractivity contribution in [3.63, 3.8) is 0 Å². The highest BCUT2D eigenvalue weighted by molar-refractivity contribution is 7.89. The second-order valence-electron chi connectivity index (χ2n) is 5.20. The molecule has 1 fully saturated rings. The van der Waals surface area contributed by atoms with E-state index >= 15 is 0 Å². The molecule has 0 aliphatic heterocycles. The van der Waals surface area contributed by atoms with Gasteiger partial charge >= 0.3 is 5.97 Å². The lowest BCUT2D eigenvalue weighted by Gasteiger charge is -2.32. The average molecular weight is 306 g/mol. The summed E-state index contributed by atoms with van der Waals surface area (Å²) in [5.74, 6) is -1.55. The Bertz CT molecular complexity index is 454. The number of hydrogen-bond acceptors (Lipinski definition) is 4. The van der Waals surface area contributed by atoms with Crippen LogP contribution >= 0.6 is 0 Å². The second-order valence-corrected chi connectivity index (χ2v) is 7.24. The highest BCUT2D eigenvalue weighted by Gasteiger charge is 2.41. The molecule has 0 unspecified atom stereocenters. The molecule has 1 aliphatic carbocycles. The van der Waals surface area contributed by atoms with Crippen LogP contribution in [0, 0.1) is 5.41 Å². The van der Waals surface area contributed by atoms with Gasteiger partial charge in [0.15, 0.2) is 0 Å². The van der Waals surface area contributed by atoms with E-state index < -0.39 is 27.3 Å². The molecule has 20 heavy (non-hydrogen) atoms. The molecule has 1 saturated carbocycles. The summed E-state index contributed by atoms with van der Waals surface area (Å²) in [6.07, 6.45) is 3.55. The predicted octanol–water partition coefficient (Wildman–Crippen LogP) is 0.0770. The summed E-state index contributed by atoms with van der Waals surface area (Å²) in [4.78, 5) is 23.2. The van der Waals surface area contributed by atoms with E-state index in [1.54, 1.807) is 0 Å². The molecule has 0 radical (unpaired) electrons. The van der Waals surface area contributed by atoms with Gasteiger partial charge in [-0.1, -0.05) is 19.3 Å². The third kappa shape index (κ3) is 4.75. The fourth-order valence-electron chi connectivity index (χ4n) is 2.49. The minimum atomic E-state index is -3.36. The molecule has 116 valence electrons. The molecule has 0 aromatic carbocycles. The van der Waals surface area contributed by atoms with E-state index in [4.69, 9.17) is 0 Å². The fourth-order valence-corrected chi connectivity index (χ4v) is 3.07. The molecule has 0 atom stereocenters. The molecule has 0 bridgehead atoms. The number of rotatable bonds is 7. The Morgan fingerprint density at radius 1 is 1.20 bits per heavy atom. The minimum Gasteiger partial charge on any atom is -0.481 e. The van der Waals surface area contributed by atoms with E-state index in [-0.39, 0.29) is 18.7 Å². The molecule has 1 rings (SSSR count). The zero-order chi connectivity index (χ0) is 15.2. The van der Waals surface area contributed by atoms with Crippen LogP contribution in [0.4, 0.5) is 0 Å². The Morgan fingerprint density at radius 2 is 1.80 bits per heavy atom. The van der Waals surface area contributed by atoms with Crippen LogP contribution in [-0.4, -0.2) is 44.7 Å². The van der Waals surface area contributed by atoms with Crippen LogP contribution in [0.15, 0.2) is 0 Å². The summed E-state index contributed by atoms with van der Waals surface area (Å²) in [5, 5.41) is 11.8. The smallest absolute Gasteiger partial charge is 0.310 e. The minimum absolute atomic E-state index is 0.0162. The highest BCUT2D eigenvalue weighted by Crippen LogP contribution is 2.39. The number of amides is 1. The molecule has 1 aliphatic rings. The fraction of sp³-hybridized carbons (Fsp3) is 0.833. The molecule has 1 amide bonds. The van der Waals surface area contributed by atoms with Crippen LogP contribution in [0.25, 0.3) is 0 Å². The SMILES string of the molecule is CNS(=O)(=O)CCNC(=O)CC1(C(=O)O)CCCCC1. The Kier molecular flexibility index (Phi) is 5.94. The first-order valence-electron chi connectivity index (χ1n) is 6.73. The number of carboxylic acid groups (broad SMARTS) is 1. The molecule has 0 saturated heterocycles. The van der Waals surface area contributed by atoms with Crippen molar-refractivity contribution >= 4 is 21.9 Å². The summed E-state index contributed by atoms with van der Waals surface area (Å²) in [5.41, 5.74) is -0.982. The maximum Gasteiger partial charge on any atom is 0.310 e. The van der Waals surface area contributed by atoms with Crippen molar-refractivity contribution in [2.75, 3.05) is 19.3 Å². The van der Waals surface area contributed by atoms with E-state index in [9.17, 15) is 23.1 Å². The van der Waals surface area contributed by atoms with Crippen LogP contribution in [-0.2, 0) is 19.6 Å². The monoisotopic (exact) mass is 306 g/mol. The van der Waals surface area contributed by atoms with Gasteiger partial charge in [0.2, 0.25) is 15.9 Å². The molecule has 0 aromatic rings. The number of hydrogen-bond donors (Lipinski definition) is 3. The first kappa shape index (κ1) is 16.9. The lowest BCUT2D eigenvalue weighted by atomic mass is 9.71. The average Bonchev–Trinajstić information content (AvgIpc) is 2.39. The van der Waals surface area contributed by atoms with Gasteiger partial charge in [0, 0.05) is 13.0 Å². The standard InChI is InChI=1S/C12H22N2O5S/c1-13-20(18,19)8-7-14-10(15)9-12(11(16)17)5-3-2-4-6-12/h13H,2-9H2,1H3,(H,14,15)(H,16,17). The Morgan fingerprint density at radius 3 is 2.30 bits per heavy atom. The lowest BCUT2D eigenvalue weighted by molar-refractivity contribution is -0.154. The van der Waals surface area contributed by atoms with Gasteiger partial charge in [-0.05, 0) is 19.9 Å². The van der Waals surface area contributed by atoms with E-state index in [2.05, 4.69) is 10.0 Å². The maximum absolute atomic E-state index is 11.8. The van der Waals surface area contributed by atoms with Crippen molar-refractivity contribution in [2.45, 2.75) is 38.5 Å².